The van der Waals surface area contributed by atoms with Crippen molar-refractivity contribution >= 4 is 0 Å². The largest absolute Gasteiger partial charge is 0.394 e. The van der Waals surface area contributed by atoms with Gasteiger partial charge in [0.05, 0.1) is 19.3 Å². The molecule has 2 aromatic rings. The van der Waals surface area contributed by atoms with Crippen molar-refractivity contribution in [2.75, 3.05) is 6.61 Å². The number of fused-ring (bicyclic) bond motifs is 1. The molecule has 1 aromatic heterocycles. The minimum absolute atomic E-state index is 0.107. The van der Waals surface area contributed by atoms with E-state index in [-0.39, 0.29) is 18.5 Å². The predicted molar refractivity (Wildman–Crippen MR) is 78.2 cm³/mol. The van der Waals surface area contributed by atoms with Gasteiger partial charge < -0.3 is 10.4 Å². The van der Waals surface area contributed by atoms with Gasteiger partial charge in [-0.3, -0.25) is 4.68 Å². The third-order valence-corrected chi connectivity index (χ3v) is 4.02. The molecule has 4 nitrogen and oxygen atoms in total. The lowest BCUT2D eigenvalue weighted by atomic mass is 9.93. The molecule has 1 unspecified atom stereocenters. The van der Waals surface area contributed by atoms with Crippen molar-refractivity contribution in [3.05, 3.63) is 53.1 Å². The van der Waals surface area contributed by atoms with Gasteiger partial charge in [0.1, 0.15) is 5.82 Å². The van der Waals surface area contributed by atoms with Crippen LogP contribution in [0, 0.1) is 5.82 Å². The number of hydrogen-bond donors (Lipinski definition) is 2. The summed E-state index contributed by atoms with van der Waals surface area (Å²) in [5.41, 5.74) is 3.38. The van der Waals surface area contributed by atoms with Gasteiger partial charge in [0, 0.05) is 23.8 Å². The lowest BCUT2D eigenvalue weighted by Gasteiger charge is -2.24. The number of aliphatic hydroxyl groups is 1. The number of aromatic nitrogens is 2. The van der Waals surface area contributed by atoms with Gasteiger partial charge in [-0.1, -0.05) is 12.1 Å². The zero-order valence-corrected chi connectivity index (χ0v) is 11.9. The Kier molecular flexibility index (Phi) is 4.31. The molecule has 112 valence electrons. The lowest BCUT2D eigenvalue weighted by molar-refractivity contribution is 0.266. The van der Waals surface area contributed by atoms with Crippen LogP contribution in [-0.2, 0) is 19.5 Å². The zero-order valence-electron chi connectivity index (χ0n) is 11.9. The van der Waals surface area contributed by atoms with E-state index in [2.05, 4.69) is 10.4 Å². The molecular weight excluding hydrogens is 269 g/mol. The molecule has 0 saturated heterocycles. The minimum Gasteiger partial charge on any atom is -0.394 e. The highest BCUT2D eigenvalue weighted by atomic mass is 19.1. The van der Waals surface area contributed by atoms with E-state index < -0.39 is 0 Å². The van der Waals surface area contributed by atoms with Gasteiger partial charge >= 0.3 is 0 Å². The summed E-state index contributed by atoms with van der Waals surface area (Å²) in [6, 6.07) is 6.93. The second kappa shape index (κ2) is 6.37. The highest BCUT2D eigenvalue weighted by Gasteiger charge is 2.23. The van der Waals surface area contributed by atoms with E-state index in [0.717, 1.165) is 24.8 Å². The first-order valence-corrected chi connectivity index (χ1v) is 7.41. The van der Waals surface area contributed by atoms with E-state index in [1.165, 1.54) is 17.3 Å². The maximum Gasteiger partial charge on any atom is 0.123 e. The molecule has 0 saturated carbocycles. The fraction of sp³-hybridized carbons (Fsp3) is 0.438. The third kappa shape index (κ3) is 3.14. The van der Waals surface area contributed by atoms with E-state index in [1.807, 2.05) is 16.9 Å². The van der Waals surface area contributed by atoms with E-state index >= 15 is 0 Å². The Balaban J connectivity index is 1.70. The molecule has 3 rings (SSSR count). The van der Waals surface area contributed by atoms with Crippen LogP contribution in [0.25, 0.3) is 0 Å². The Morgan fingerprint density at radius 3 is 3.14 bits per heavy atom. The SMILES string of the molecule is OCCn1ncc2c1CCCC2NCc1cccc(F)c1. The van der Waals surface area contributed by atoms with Crippen molar-refractivity contribution in [2.24, 2.45) is 0 Å². The van der Waals surface area contributed by atoms with Crippen molar-refractivity contribution < 1.29 is 9.50 Å². The number of benzene rings is 1. The van der Waals surface area contributed by atoms with Crippen molar-refractivity contribution in [3.63, 3.8) is 0 Å². The number of halogens is 1. The average molecular weight is 289 g/mol. The lowest BCUT2D eigenvalue weighted by Crippen LogP contribution is -2.25. The Bertz CT molecular complexity index is 611. The average Bonchev–Trinajstić information content (AvgIpc) is 2.90. The van der Waals surface area contributed by atoms with Crippen LogP contribution >= 0.6 is 0 Å². The second-order valence-electron chi connectivity index (χ2n) is 5.45. The summed E-state index contributed by atoms with van der Waals surface area (Å²) in [5.74, 6) is -0.200. The fourth-order valence-corrected chi connectivity index (χ4v) is 3.01. The van der Waals surface area contributed by atoms with Gasteiger partial charge in [0.15, 0.2) is 0 Å². The Morgan fingerprint density at radius 1 is 1.43 bits per heavy atom. The topological polar surface area (TPSA) is 50.1 Å². The van der Waals surface area contributed by atoms with E-state index in [9.17, 15) is 4.39 Å². The van der Waals surface area contributed by atoms with Crippen molar-refractivity contribution in [3.8, 4) is 0 Å². The van der Waals surface area contributed by atoms with Gasteiger partial charge in [-0.15, -0.1) is 0 Å². The molecule has 1 heterocycles. The van der Waals surface area contributed by atoms with Crippen LogP contribution in [0.3, 0.4) is 0 Å². The van der Waals surface area contributed by atoms with Gasteiger partial charge in [-0.25, -0.2) is 4.39 Å². The summed E-state index contributed by atoms with van der Waals surface area (Å²) in [6.07, 6.45) is 5.07. The van der Waals surface area contributed by atoms with Gasteiger partial charge in [-0.05, 0) is 37.0 Å². The van der Waals surface area contributed by atoms with Crippen LogP contribution in [0.2, 0.25) is 0 Å². The monoisotopic (exact) mass is 289 g/mol. The van der Waals surface area contributed by atoms with Crippen LogP contribution in [0.4, 0.5) is 4.39 Å². The molecule has 0 radical (unpaired) electrons. The highest BCUT2D eigenvalue weighted by molar-refractivity contribution is 5.25. The summed E-state index contributed by atoms with van der Waals surface area (Å²) in [7, 11) is 0. The maximum absolute atomic E-state index is 13.2. The summed E-state index contributed by atoms with van der Waals surface area (Å²) in [6.45, 7) is 1.30. The molecule has 1 aliphatic carbocycles. The fourth-order valence-electron chi connectivity index (χ4n) is 3.01. The van der Waals surface area contributed by atoms with E-state index in [1.54, 1.807) is 12.1 Å². The molecule has 0 spiro atoms. The molecule has 5 heteroatoms. The van der Waals surface area contributed by atoms with Crippen LogP contribution in [0.5, 0.6) is 0 Å². The second-order valence-corrected chi connectivity index (χ2v) is 5.45. The molecular formula is C16H20FN3O. The number of nitrogens with zero attached hydrogens (tertiary/aromatic N) is 2. The molecule has 0 bridgehead atoms. The molecule has 1 aliphatic rings. The highest BCUT2D eigenvalue weighted by Crippen LogP contribution is 2.29. The van der Waals surface area contributed by atoms with E-state index in [4.69, 9.17) is 5.11 Å². The van der Waals surface area contributed by atoms with Crippen molar-refractivity contribution in [1.29, 1.82) is 0 Å². The summed E-state index contributed by atoms with van der Waals surface area (Å²) >= 11 is 0. The first kappa shape index (κ1) is 14.2. The van der Waals surface area contributed by atoms with Gasteiger partial charge in [-0.2, -0.15) is 5.10 Å². The number of aliphatic hydroxyl groups excluding tert-OH is 1. The Hall–Kier alpha value is -1.72. The van der Waals surface area contributed by atoms with Crippen molar-refractivity contribution in [2.45, 2.75) is 38.4 Å². The van der Waals surface area contributed by atoms with Crippen LogP contribution in [0.1, 0.15) is 35.7 Å². The van der Waals surface area contributed by atoms with E-state index in [0.29, 0.717) is 13.1 Å². The van der Waals surface area contributed by atoms with Gasteiger partial charge in [0.2, 0.25) is 0 Å². The minimum atomic E-state index is -0.200. The Morgan fingerprint density at radius 2 is 2.33 bits per heavy atom. The first-order chi connectivity index (χ1) is 10.3. The van der Waals surface area contributed by atoms with Crippen LogP contribution in [-0.4, -0.2) is 21.5 Å². The number of rotatable bonds is 5. The Labute approximate surface area is 123 Å². The number of hydrogen-bond acceptors (Lipinski definition) is 3. The van der Waals surface area contributed by atoms with Gasteiger partial charge in [0.25, 0.3) is 0 Å². The smallest absolute Gasteiger partial charge is 0.123 e. The maximum atomic E-state index is 13.2. The number of nitrogens with one attached hydrogen (secondary N) is 1. The van der Waals surface area contributed by atoms with Crippen LogP contribution < -0.4 is 5.32 Å². The first-order valence-electron chi connectivity index (χ1n) is 7.41. The zero-order chi connectivity index (χ0) is 14.7. The summed E-state index contributed by atoms with van der Waals surface area (Å²) in [4.78, 5) is 0. The molecule has 0 aliphatic heterocycles. The molecule has 0 fully saturated rings. The quantitative estimate of drug-likeness (QED) is 0.887. The molecule has 1 aromatic carbocycles. The predicted octanol–water partition coefficient (Wildman–Crippen LogP) is 2.18. The molecule has 2 N–H and O–H groups in total. The van der Waals surface area contributed by atoms with Crippen LogP contribution in [0.15, 0.2) is 30.5 Å². The molecule has 1 atom stereocenters. The molecule has 0 amide bonds. The summed E-state index contributed by atoms with van der Waals surface area (Å²) < 4.78 is 15.1. The summed E-state index contributed by atoms with van der Waals surface area (Å²) in [5, 5.41) is 16.9. The standard InChI is InChI=1S/C16H20FN3O/c17-13-4-1-3-12(9-13)10-18-15-5-2-6-16-14(15)11-19-20(16)7-8-21/h1,3-4,9,11,15,18,21H,2,5-8,10H2. The molecule has 21 heavy (non-hydrogen) atoms. The third-order valence-electron chi connectivity index (χ3n) is 4.02. The normalized spacial score (nSPS) is 17.7. The van der Waals surface area contributed by atoms with Crippen molar-refractivity contribution in [1.82, 2.24) is 15.1 Å².